The van der Waals surface area contributed by atoms with Crippen LogP contribution in [0.25, 0.3) is 0 Å². The monoisotopic (exact) mass is 220 g/mol. The summed E-state index contributed by atoms with van der Waals surface area (Å²) in [5, 5.41) is 2.81. The summed E-state index contributed by atoms with van der Waals surface area (Å²) in [6.07, 6.45) is 5.05. The number of rotatable bonds is 5. The maximum absolute atomic E-state index is 10.5. The highest BCUT2D eigenvalue weighted by atomic mass is 35.5. The molecule has 0 aromatic rings. The van der Waals surface area contributed by atoms with Crippen molar-refractivity contribution in [1.29, 1.82) is 0 Å². The van der Waals surface area contributed by atoms with Crippen LogP contribution in [-0.4, -0.2) is 37.0 Å². The van der Waals surface area contributed by atoms with Crippen LogP contribution in [0, 0.1) is 0 Å². The molecular weight excluding hydrogens is 200 g/mol. The van der Waals surface area contributed by atoms with E-state index in [9.17, 15) is 4.79 Å². The zero-order valence-electron chi connectivity index (χ0n) is 8.92. The zero-order valence-corrected chi connectivity index (χ0v) is 9.74. The van der Waals surface area contributed by atoms with E-state index in [1.165, 1.54) is 38.9 Å². The Labute approximate surface area is 92.6 Å². The summed E-state index contributed by atoms with van der Waals surface area (Å²) in [5.74, 6) is 0.0844. The van der Waals surface area contributed by atoms with Crippen molar-refractivity contribution in [3.63, 3.8) is 0 Å². The first-order valence-electron chi connectivity index (χ1n) is 5.26. The molecule has 1 amide bonds. The van der Waals surface area contributed by atoms with Crippen molar-refractivity contribution in [3.8, 4) is 0 Å². The van der Waals surface area contributed by atoms with Crippen molar-refractivity contribution in [2.75, 3.05) is 26.2 Å². The molecule has 0 saturated carbocycles. The average molecular weight is 221 g/mol. The van der Waals surface area contributed by atoms with Crippen LogP contribution in [0.4, 0.5) is 0 Å². The molecule has 0 aromatic carbocycles. The molecule has 1 saturated heterocycles. The van der Waals surface area contributed by atoms with Crippen LogP contribution in [0.2, 0.25) is 0 Å². The molecular formula is C10H21ClN2O. The molecule has 0 aromatic heterocycles. The largest absolute Gasteiger partial charge is 0.356 e. The van der Waals surface area contributed by atoms with Crippen molar-refractivity contribution in [2.45, 2.75) is 32.6 Å². The van der Waals surface area contributed by atoms with Gasteiger partial charge in [0, 0.05) is 13.5 Å². The maximum Gasteiger partial charge on any atom is 0.216 e. The third-order valence-electron chi connectivity index (χ3n) is 2.47. The SMILES string of the molecule is CC(=O)NCCCCN1CCCC1.Cl. The van der Waals surface area contributed by atoms with Gasteiger partial charge in [0.2, 0.25) is 5.91 Å². The quantitative estimate of drug-likeness (QED) is 0.711. The fraction of sp³-hybridized carbons (Fsp3) is 0.900. The van der Waals surface area contributed by atoms with Crippen molar-refractivity contribution >= 4 is 18.3 Å². The molecule has 0 bridgehead atoms. The van der Waals surface area contributed by atoms with E-state index >= 15 is 0 Å². The van der Waals surface area contributed by atoms with Gasteiger partial charge in [-0.1, -0.05) is 0 Å². The number of carbonyl (C=O) groups is 1. The first-order chi connectivity index (χ1) is 6.29. The van der Waals surface area contributed by atoms with Crippen LogP contribution >= 0.6 is 12.4 Å². The highest BCUT2D eigenvalue weighted by molar-refractivity contribution is 5.85. The molecule has 1 heterocycles. The molecule has 0 radical (unpaired) electrons. The Morgan fingerprint density at radius 1 is 1.29 bits per heavy atom. The normalized spacial score (nSPS) is 16.4. The second-order valence-electron chi connectivity index (χ2n) is 3.74. The predicted octanol–water partition coefficient (Wildman–Crippen LogP) is 1.42. The molecule has 1 aliphatic heterocycles. The predicted molar refractivity (Wildman–Crippen MR) is 60.8 cm³/mol. The van der Waals surface area contributed by atoms with Crippen LogP contribution in [0.1, 0.15) is 32.6 Å². The summed E-state index contributed by atoms with van der Waals surface area (Å²) < 4.78 is 0. The lowest BCUT2D eigenvalue weighted by molar-refractivity contribution is -0.118. The topological polar surface area (TPSA) is 32.3 Å². The first kappa shape index (κ1) is 13.7. The van der Waals surface area contributed by atoms with Gasteiger partial charge in [0.15, 0.2) is 0 Å². The summed E-state index contributed by atoms with van der Waals surface area (Å²) in [4.78, 5) is 13.0. The van der Waals surface area contributed by atoms with Crippen LogP contribution in [0.15, 0.2) is 0 Å². The summed E-state index contributed by atoms with van der Waals surface area (Å²) in [6.45, 7) is 6.17. The van der Waals surface area contributed by atoms with Crippen molar-refractivity contribution < 1.29 is 4.79 Å². The Bertz CT molecular complexity index is 158. The van der Waals surface area contributed by atoms with E-state index in [1.54, 1.807) is 6.92 Å². The maximum atomic E-state index is 10.5. The third kappa shape index (κ3) is 6.22. The molecule has 0 spiro atoms. The summed E-state index contributed by atoms with van der Waals surface area (Å²) in [6, 6.07) is 0. The van der Waals surface area contributed by atoms with Gasteiger partial charge in [0.25, 0.3) is 0 Å². The molecule has 0 aliphatic carbocycles. The molecule has 0 unspecified atom stereocenters. The van der Waals surface area contributed by atoms with Crippen molar-refractivity contribution in [3.05, 3.63) is 0 Å². The standard InChI is InChI=1S/C10H20N2O.ClH/c1-10(13)11-6-2-3-7-12-8-4-5-9-12;/h2-9H2,1H3,(H,11,13);1H. The van der Waals surface area contributed by atoms with Crippen LogP contribution in [0.3, 0.4) is 0 Å². The zero-order chi connectivity index (χ0) is 9.52. The summed E-state index contributed by atoms with van der Waals surface area (Å²) in [7, 11) is 0. The number of hydrogen-bond acceptors (Lipinski definition) is 2. The number of unbranched alkanes of at least 4 members (excludes halogenated alkanes) is 1. The molecule has 4 heteroatoms. The molecule has 0 atom stereocenters. The van der Waals surface area contributed by atoms with Gasteiger partial charge in [0.05, 0.1) is 0 Å². The Hall–Kier alpha value is -0.280. The smallest absolute Gasteiger partial charge is 0.216 e. The van der Waals surface area contributed by atoms with E-state index in [2.05, 4.69) is 10.2 Å². The summed E-state index contributed by atoms with van der Waals surface area (Å²) >= 11 is 0. The molecule has 84 valence electrons. The van der Waals surface area contributed by atoms with E-state index in [-0.39, 0.29) is 18.3 Å². The third-order valence-corrected chi connectivity index (χ3v) is 2.47. The van der Waals surface area contributed by atoms with Gasteiger partial charge in [-0.05, 0) is 45.3 Å². The Morgan fingerprint density at radius 3 is 2.50 bits per heavy atom. The Balaban J connectivity index is 0.00000169. The van der Waals surface area contributed by atoms with Gasteiger partial charge in [0.1, 0.15) is 0 Å². The van der Waals surface area contributed by atoms with E-state index < -0.39 is 0 Å². The molecule has 1 aliphatic rings. The average Bonchev–Trinajstić information content (AvgIpc) is 2.55. The van der Waals surface area contributed by atoms with Crippen LogP contribution in [-0.2, 0) is 4.79 Å². The van der Waals surface area contributed by atoms with Crippen molar-refractivity contribution in [2.24, 2.45) is 0 Å². The minimum Gasteiger partial charge on any atom is -0.356 e. The van der Waals surface area contributed by atoms with Gasteiger partial charge in [-0.25, -0.2) is 0 Å². The Morgan fingerprint density at radius 2 is 1.93 bits per heavy atom. The van der Waals surface area contributed by atoms with E-state index in [1.807, 2.05) is 0 Å². The van der Waals surface area contributed by atoms with E-state index in [0.717, 1.165) is 13.0 Å². The summed E-state index contributed by atoms with van der Waals surface area (Å²) in [5.41, 5.74) is 0. The molecule has 1 N–H and O–H groups in total. The van der Waals surface area contributed by atoms with Crippen LogP contribution < -0.4 is 5.32 Å². The molecule has 1 fully saturated rings. The van der Waals surface area contributed by atoms with Gasteiger partial charge >= 0.3 is 0 Å². The van der Waals surface area contributed by atoms with E-state index in [0.29, 0.717) is 0 Å². The minimum atomic E-state index is 0. The second-order valence-corrected chi connectivity index (χ2v) is 3.74. The number of hydrogen-bond donors (Lipinski definition) is 1. The van der Waals surface area contributed by atoms with Gasteiger partial charge in [-0.3, -0.25) is 4.79 Å². The number of amides is 1. The molecule has 3 nitrogen and oxygen atoms in total. The minimum absolute atomic E-state index is 0. The van der Waals surface area contributed by atoms with E-state index in [4.69, 9.17) is 0 Å². The number of halogens is 1. The second kappa shape index (κ2) is 8.06. The molecule has 1 rings (SSSR count). The highest BCUT2D eigenvalue weighted by Crippen LogP contribution is 2.07. The lowest BCUT2D eigenvalue weighted by Gasteiger charge is -2.13. The lowest BCUT2D eigenvalue weighted by Crippen LogP contribution is -2.24. The molecule has 14 heavy (non-hydrogen) atoms. The number of nitrogens with zero attached hydrogens (tertiary/aromatic N) is 1. The fourth-order valence-corrected chi connectivity index (χ4v) is 1.73. The van der Waals surface area contributed by atoms with Crippen LogP contribution in [0.5, 0.6) is 0 Å². The Kier molecular flexibility index (Phi) is 7.90. The van der Waals surface area contributed by atoms with Gasteiger partial charge < -0.3 is 10.2 Å². The van der Waals surface area contributed by atoms with Gasteiger partial charge in [-0.2, -0.15) is 0 Å². The van der Waals surface area contributed by atoms with Crippen molar-refractivity contribution in [1.82, 2.24) is 10.2 Å². The lowest BCUT2D eigenvalue weighted by atomic mass is 10.3. The highest BCUT2D eigenvalue weighted by Gasteiger charge is 2.09. The number of likely N-dealkylation sites (tertiary alicyclic amines) is 1. The fourth-order valence-electron chi connectivity index (χ4n) is 1.73. The van der Waals surface area contributed by atoms with Gasteiger partial charge in [-0.15, -0.1) is 12.4 Å². The number of carbonyl (C=O) groups excluding carboxylic acids is 1. The first-order valence-corrected chi connectivity index (χ1v) is 5.26. The number of nitrogens with one attached hydrogen (secondary N) is 1.